The maximum absolute atomic E-state index is 11.8. The number of nitrogens with one attached hydrogen (secondary N) is 1. The van der Waals surface area contributed by atoms with E-state index in [-0.39, 0.29) is 12.1 Å². The second kappa shape index (κ2) is 6.25. The Morgan fingerprint density at radius 1 is 1.32 bits per heavy atom. The summed E-state index contributed by atoms with van der Waals surface area (Å²) < 4.78 is 5.27. The minimum atomic E-state index is -0.488. The van der Waals surface area contributed by atoms with Gasteiger partial charge in [0.1, 0.15) is 17.6 Å². The van der Waals surface area contributed by atoms with E-state index in [0.717, 1.165) is 25.9 Å². The Morgan fingerprint density at radius 2 is 1.95 bits per heavy atom. The Kier molecular flexibility index (Phi) is 4.58. The molecule has 5 N–H and O–H groups in total. The monoisotopic (exact) mass is 308 g/mol. The van der Waals surface area contributed by atoms with Gasteiger partial charge >= 0.3 is 6.09 Å². The Balaban J connectivity index is 1.88. The number of carbonyl (C=O) groups excluding carboxylic acids is 1. The molecule has 8 heteroatoms. The number of anilines is 3. The molecule has 8 nitrogen and oxygen atoms in total. The van der Waals surface area contributed by atoms with Crippen LogP contribution < -0.4 is 21.7 Å². The molecule has 1 aromatic heterocycles. The summed E-state index contributed by atoms with van der Waals surface area (Å²) in [5.74, 6) is 0.947. The van der Waals surface area contributed by atoms with Gasteiger partial charge in [0.25, 0.3) is 0 Å². The number of rotatable bonds is 2. The van der Waals surface area contributed by atoms with Crippen LogP contribution in [-0.2, 0) is 4.74 Å². The number of nitrogens with two attached hydrogens (primary N) is 2. The first-order valence-corrected chi connectivity index (χ1v) is 7.36. The highest BCUT2D eigenvalue weighted by Crippen LogP contribution is 2.26. The van der Waals surface area contributed by atoms with E-state index in [1.807, 2.05) is 20.8 Å². The Hall–Kier alpha value is -2.25. The lowest BCUT2D eigenvalue weighted by atomic mass is 10.1. The molecule has 1 saturated heterocycles. The maximum atomic E-state index is 11.8. The van der Waals surface area contributed by atoms with Gasteiger partial charge < -0.3 is 26.4 Å². The van der Waals surface area contributed by atoms with Gasteiger partial charge in [-0.3, -0.25) is 0 Å². The predicted octanol–water partition coefficient (Wildman–Crippen LogP) is 1.13. The lowest BCUT2D eigenvalue weighted by Crippen LogP contribution is -2.46. The van der Waals surface area contributed by atoms with Gasteiger partial charge in [-0.25, -0.2) is 14.8 Å². The van der Waals surface area contributed by atoms with E-state index in [1.165, 1.54) is 6.33 Å². The van der Waals surface area contributed by atoms with Crippen molar-refractivity contribution in [2.24, 2.45) is 0 Å². The van der Waals surface area contributed by atoms with Gasteiger partial charge in [0.2, 0.25) is 0 Å². The van der Waals surface area contributed by atoms with Crippen molar-refractivity contribution in [3.63, 3.8) is 0 Å². The summed E-state index contributed by atoms with van der Waals surface area (Å²) >= 11 is 0. The predicted molar refractivity (Wildman–Crippen MR) is 85.5 cm³/mol. The molecular formula is C14H24N6O2. The average Bonchev–Trinajstić information content (AvgIpc) is 2.41. The van der Waals surface area contributed by atoms with E-state index in [1.54, 1.807) is 0 Å². The molecule has 1 aliphatic heterocycles. The normalized spacial score (nSPS) is 16.4. The average molecular weight is 308 g/mol. The van der Waals surface area contributed by atoms with Crippen molar-refractivity contribution in [3.8, 4) is 0 Å². The number of hydrogen-bond donors (Lipinski definition) is 3. The molecule has 0 radical (unpaired) electrons. The van der Waals surface area contributed by atoms with Gasteiger partial charge in [-0.1, -0.05) is 0 Å². The second-order valence-corrected chi connectivity index (χ2v) is 6.40. The van der Waals surface area contributed by atoms with Crippen LogP contribution in [-0.4, -0.2) is 40.8 Å². The molecule has 0 bridgehead atoms. The van der Waals surface area contributed by atoms with Crippen molar-refractivity contribution in [3.05, 3.63) is 6.33 Å². The van der Waals surface area contributed by atoms with E-state index in [9.17, 15) is 4.79 Å². The molecule has 22 heavy (non-hydrogen) atoms. The Morgan fingerprint density at radius 3 is 2.55 bits per heavy atom. The van der Waals surface area contributed by atoms with Crippen LogP contribution in [0.2, 0.25) is 0 Å². The van der Waals surface area contributed by atoms with Gasteiger partial charge in [-0.15, -0.1) is 0 Å². The minimum Gasteiger partial charge on any atom is -0.444 e. The number of alkyl carbamates (subject to hydrolysis) is 1. The van der Waals surface area contributed by atoms with Crippen molar-refractivity contribution in [1.82, 2.24) is 15.3 Å². The quantitative estimate of drug-likeness (QED) is 0.749. The number of aromatic nitrogens is 2. The first kappa shape index (κ1) is 16.1. The minimum absolute atomic E-state index is 0.0894. The zero-order valence-electron chi connectivity index (χ0n) is 13.3. The van der Waals surface area contributed by atoms with Crippen LogP contribution in [0.3, 0.4) is 0 Å². The standard InChI is InChI=1S/C14H24N6O2/c1-14(2,3)22-13(21)19-9-4-6-20(7-5-9)12-10(15)11(16)17-8-18-12/h8-9H,4-7,15H2,1-3H3,(H,19,21)(H2,16,17,18). The van der Waals surface area contributed by atoms with E-state index < -0.39 is 5.60 Å². The van der Waals surface area contributed by atoms with Crippen molar-refractivity contribution in [1.29, 1.82) is 0 Å². The summed E-state index contributed by atoms with van der Waals surface area (Å²) in [6.45, 7) is 7.01. The van der Waals surface area contributed by atoms with Crippen molar-refractivity contribution in [2.75, 3.05) is 29.5 Å². The maximum Gasteiger partial charge on any atom is 0.407 e. The first-order chi connectivity index (χ1) is 10.3. The zero-order valence-corrected chi connectivity index (χ0v) is 13.3. The zero-order chi connectivity index (χ0) is 16.3. The number of nitrogens with zero attached hydrogens (tertiary/aromatic N) is 3. The largest absolute Gasteiger partial charge is 0.444 e. The smallest absolute Gasteiger partial charge is 0.407 e. The third-order valence-corrected chi connectivity index (χ3v) is 3.41. The molecule has 0 aliphatic carbocycles. The molecular weight excluding hydrogens is 284 g/mol. The van der Waals surface area contributed by atoms with Gasteiger partial charge in [-0.05, 0) is 33.6 Å². The summed E-state index contributed by atoms with van der Waals surface area (Å²) in [4.78, 5) is 21.9. The number of nitrogen functional groups attached to an aromatic ring is 2. The van der Waals surface area contributed by atoms with Gasteiger partial charge in [0.15, 0.2) is 11.6 Å². The number of hydrogen-bond acceptors (Lipinski definition) is 7. The van der Waals surface area contributed by atoms with Crippen molar-refractivity contribution >= 4 is 23.4 Å². The van der Waals surface area contributed by atoms with Crippen molar-refractivity contribution < 1.29 is 9.53 Å². The van der Waals surface area contributed by atoms with Gasteiger partial charge in [-0.2, -0.15) is 0 Å². The second-order valence-electron chi connectivity index (χ2n) is 6.40. The number of piperidine rings is 1. The molecule has 0 spiro atoms. The topological polar surface area (TPSA) is 119 Å². The Bertz CT molecular complexity index is 535. The fourth-order valence-electron chi connectivity index (χ4n) is 2.36. The van der Waals surface area contributed by atoms with Crippen LogP contribution in [0, 0.1) is 0 Å². The van der Waals surface area contributed by atoms with Crippen LogP contribution >= 0.6 is 0 Å². The molecule has 2 heterocycles. The molecule has 1 aliphatic rings. The highest BCUT2D eigenvalue weighted by Gasteiger charge is 2.25. The number of amides is 1. The van der Waals surface area contributed by atoms with E-state index >= 15 is 0 Å². The summed E-state index contributed by atoms with van der Waals surface area (Å²) in [7, 11) is 0. The van der Waals surface area contributed by atoms with Crippen LogP contribution in [0.25, 0.3) is 0 Å². The van der Waals surface area contributed by atoms with Crippen LogP contribution in [0.4, 0.5) is 22.1 Å². The lowest BCUT2D eigenvalue weighted by Gasteiger charge is -2.34. The SMILES string of the molecule is CC(C)(C)OC(=O)NC1CCN(c2ncnc(N)c2N)CC1. The number of carbonyl (C=O) groups is 1. The molecule has 0 aromatic carbocycles. The van der Waals surface area contributed by atoms with E-state index in [4.69, 9.17) is 16.2 Å². The molecule has 122 valence electrons. The molecule has 1 aromatic rings. The lowest BCUT2D eigenvalue weighted by molar-refractivity contribution is 0.0497. The summed E-state index contributed by atoms with van der Waals surface area (Å²) in [5.41, 5.74) is 11.5. The summed E-state index contributed by atoms with van der Waals surface area (Å²) in [5, 5.41) is 2.90. The van der Waals surface area contributed by atoms with Crippen LogP contribution in [0.15, 0.2) is 6.33 Å². The summed E-state index contributed by atoms with van der Waals surface area (Å²) in [6.07, 6.45) is 2.62. The fourth-order valence-corrected chi connectivity index (χ4v) is 2.36. The molecule has 0 unspecified atom stereocenters. The molecule has 2 rings (SSSR count). The molecule has 0 saturated carbocycles. The Labute approximate surface area is 130 Å². The van der Waals surface area contributed by atoms with Gasteiger partial charge in [0.05, 0.1) is 0 Å². The fraction of sp³-hybridized carbons (Fsp3) is 0.643. The number of ether oxygens (including phenoxy) is 1. The van der Waals surface area contributed by atoms with E-state index in [2.05, 4.69) is 20.2 Å². The highest BCUT2D eigenvalue weighted by atomic mass is 16.6. The molecule has 1 amide bonds. The third kappa shape index (κ3) is 4.12. The van der Waals surface area contributed by atoms with Crippen LogP contribution in [0.1, 0.15) is 33.6 Å². The van der Waals surface area contributed by atoms with E-state index in [0.29, 0.717) is 17.3 Å². The summed E-state index contributed by atoms with van der Waals surface area (Å²) in [6, 6.07) is 0.0894. The highest BCUT2D eigenvalue weighted by molar-refractivity contribution is 5.73. The molecule has 1 fully saturated rings. The van der Waals surface area contributed by atoms with Crippen LogP contribution in [0.5, 0.6) is 0 Å². The van der Waals surface area contributed by atoms with Crippen molar-refractivity contribution in [2.45, 2.75) is 45.3 Å². The molecule has 0 atom stereocenters. The third-order valence-electron chi connectivity index (χ3n) is 3.41. The van der Waals surface area contributed by atoms with Gasteiger partial charge in [0, 0.05) is 19.1 Å². The first-order valence-electron chi connectivity index (χ1n) is 7.36.